The van der Waals surface area contributed by atoms with Crippen LogP contribution >= 0.6 is 0 Å². The Morgan fingerprint density at radius 2 is 1.77 bits per heavy atom. The third-order valence-corrected chi connectivity index (χ3v) is 7.55. The smallest absolute Gasteiger partial charge is 0.490 e. The molecule has 0 spiro atoms. The predicted molar refractivity (Wildman–Crippen MR) is 147 cm³/mol. The number of carboxylic acid groups (broad SMARTS) is 1. The molecule has 3 aromatic carbocycles. The summed E-state index contributed by atoms with van der Waals surface area (Å²) >= 11 is 0. The maximum atomic E-state index is 12.5. The predicted octanol–water partition coefficient (Wildman–Crippen LogP) is 2.53. The first-order valence-corrected chi connectivity index (χ1v) is 14.2. The van der Waals surface area contributed by atoms with Gasteiger partial charge in [0.05, 0.1) is 24.1 Å². The zero-order chi connectivity index (χ0) is 31.4. The first-order valence-electron chi connectivity index (χ1n) is 12.6. The summed E-state index contributed by atoms with van der Waals surface area (Å²) in [5.74, 6) is -1.88. The number of benzene rings is 3. The number of aliphatic hydroxyl groups is 1. The number of alkyl halides is 3. The number of aliphatic carboxylic acids is 1. The molecule has 0 saturated carbocycles. The number of hydrogen-bond donors (Lipinski definition) is 4. The van der Waals surface area contributed by atoms with Gasteiger partial charge in [0.15, 0.2) is 0 Å². The highest BCUT2D eigenvalue weighted by atomic mass is 32.2. The van der Waals surface area contributed by atoms with E-state index in [0.29, 0.717) is 25.1 Å². The van der Waals surface area contributed by atoms with E-state index in [-0.39, 0.29) is 16.3 Å². The van der Waals surface area contributed by atoms with Gasteiger partial charge in [-0.25, -0.2) is 18.4 Å². The lowest BCUT2D eigenvalue weighted by Crippen LogP contribution is -2.28. The van der Waals surface area contributed by atoms with Crippen molar-refractivity contribution < 1.29 is 41.3 Å². The van der Waals surface area contributed by atoms with Gasteiger partial charge in [-0.2, -0.15) is 18.0 Å². The van der Waals surface area contributed by atoms with Gasteiger partial charge in [0.1, 0.15) is 11.4 Å². The van der Waals surface area contributed by atoms with E-state index in [1.807, 2.05) is 48.5 Å². The molecule has 16 heteroatoms. The first kappa shape index (κ1) is 31.6. The Morgan fingerprint density at radius 3 is 2.30 bits per heavy atom. The molecular weight excluding hydrogens is 593 g/mol. The quantitative estimate of drug-likeness (QED) is 0.240. The molecule has 2 heterocycles. The lowest BCUT2D eigenvalue weighted by atomic mass is 9.90. The van der Waals surface area contributed by atoms with Crippen LogP contribution in [0.5, 0.6) is 5.75 Å². The van der Waals surface area contributed by atoms with Crippen LogP contribution in [0.2, 0.25) is 0 Å². The molecule has 228 valence electrons. The highest BCUT2D eigenvalue weighted by molar-refractivity contribution is 7.89. The van der Waals surface area contributed by atoms with Gasteiger partial charge >= 0.3 is 12.1 Å². The summed E-state index contributed by atoms with van der Waals surface area (Å²) in [4.78, 5) is 10.2. The number of sulfonamides is 1. The highest BCUT2D eigenvalue weighted by Gasteiger charge is 2.38. The molecule has 4 aromatic rings. The van der Waals surface area contributed by atoms with Crippen molar-refractivity contribution in [2.45, 2.75) is 29.6 Å². The average Bonchev–Trinajstić information content (AvgIpc) is 3.62. The molecule has 43 heavy (non-hydrogen) atoms. The van der Waals surface area contributed by atoms with Crippen LogP contribution in [0.1, 0.15) is 17.5 Å². The summed E-state index contributed by atoms with van der Waals surface area (Å²) in [7, 11) is -2.48. The largest absolute Gasteiger partial charge is 0.497 e. The lowest BCUT2D eigenvalue weighted by molar-refractivity contribution is -0.192. The van der Waals surface area contributed by atoms with E-state index in [9.17, 15) is 26.7 Å². The van der Waals surface area contributed by atoms with Gasteiger partial charge in [0.2, 0.25) is 15.8 Å². The van der Waals surface area contributed by atoms with E-state index < -0.39 is 27.8 Å². The number of carboxylic acids is 1. The van der Waals surface area contributed by atoms with Crippen LogP contribution < -0.4 is 15.2 Å². The number of ether oxygens (including phenoxy) is 1. The van der Waals surface area contributed by atoms with Gasteiger partial charge in [-0.15, -0.1) is 10.2 Å². The second kappa shape index (κ2) is 12.5. The number of halogens is 3. The molecule has 5 rings (SSSR count). The SMILES string of the molecule is COc1ccc(Cn2nnc(-c3c(-c4ccc(C5(O)CCNC5)cc4)cccc3S(N)(=O)=O)n2)cc1.O=C(O)C(F)(F)F. The third kappa shape index (κ3) is 7.53. The monoisotopic (exact) mass is 620 g/mol. The summed E-state index contributed by atoms with van der Waals surface area (Å²) in [6.07, 6.45) is -4.46. The number of carbonyl (C=O) groups is 1. The van der Waals surface area contributed by atoms with E-state index in [0.717, 1.165) is 29.0 Å². The van der Waals surface area contributed by atoms with Crippen LogP contribution in [0.25, 0.3) is 22.5 Å². The number of aromatic nitrogens is 4. The minimum Gasteiger partial charge on any atom is -0.497 e. The van der Waals surface area contributed by atoms with Crippen molar-refractivity contribution in [2.75, 3.05) is 20.2 Å². The average molecular weight is 621 g/mol. The Kier molecular flexibility index (Phi) is 9.15. The second-order valence-electron chi connectivity index (χ2n) is 9.55. The molecule has 0 radical (unpaired) electrons. The summed E-state index contributed by atoms with van der Waals surface area (Å²) in [6.45, 7) is 1.57. The molecule has 1 fully saturated rings. The minimum absolute atomic E-state index is 0.0910. The van der Waals surface area contributed by atoms with Gasteiger partial charge in [0.25, 0.3) is 0 Å². The standard InChI is InChI=1S/C25H26N6O4S.C2HF3O2/c1-35-20-11-5-17(6-12-20)15-31-29-24(28-30-31)23-21(3-2-4-22(23)36(26,33)34)18-7-9-19(10-8-18)25(32)13-14-27-16-25;3-2(4,5)1(6)7/h2-12,27,32H,13-16H2,1H3,(H2,26,33,34);(H,6,7). The van der Waals surface area contributed by atoms with Crippen molar-refractivity contribution in [3.05, 3.63) is 77.9 Å². The summed E-state index contributed by atoms with van der Waals surface area (Å²) in [6, 6.07) is 19.7. The molecular formula is C27H27F3N6O6S. The second-order valence-corrected chi connectivity index (χ2v) is 11.1. The molecule has 1 saturated heterocycles. The number of tetrazole rings is 1. The number of methoxy groups -OCH3 is 1. The Morgan fingerprint density at radius 1 is 1.12 bits per heavy atom. The third-order valence-electron chi connectivity index (χ3n) is 6.60. The minimum atomic E-state index is -5.08. The van der Waals surface area contributed by atoms with Crippen molar-refractivity contribution in [3.8, 4) is 28.3 Å². The fraction of sp³-hybridized carbons (Fsp3) is 0.259. The van der Waals surface area contributed by atoms with E-state index in [1.165, 1.54) is 10.9 Å². The zero-order valence-corrected chi connectivity index (χ0v) is 23.4. The van der Waals surface area contributed by atoms with E-state index in [4.69, 9.17) is 19.8 Å². The van der Waals surface area contributed by atoms with Crippen molar-refractivity contribution in [3.63, 3.8) is 0 Å². The van der Waals surface area contributed by atoms with Crippen LogP contribution in [0.4, 0.5) is 13.2 Å². The molecule has 1 aromatic heterocycles. The van der Waals surface area contributed by atoms with E-state index in [1.54, 1.807) is 19.2 Å². The van der Waals surface area contributed by atoms with Crippen molar-refractivity contribution in [1.29, 1.82) is 0 Å². The van der Waals surface area contributed by atoms with Crippen LogP contribution in [0.15, 0.2) is 71.6 Å². The topological polar surface area (TPSA) is 183 Å². The summed E-state index contributed by atoms with van der Waals surface area (Å²) in [5, 5.41) is 39.5. The summed E-state index contributed by atoms with van der Waals surface area (Å²) < 4.78 is 61.9. The van der Waals surface area contributed by atoms with Gasteiger partial charge in [0, 0.05) is 6.54 Å². The molecule has 1 aliphatic heterocycles. The molecule has 0 bridgehead atoms. The Hall–Kier alpha value is -4.38. The van der Waals surface area contributed by atoms with Crippen molar-refractivity contribution in [1.82, 2.24) is 25.5 Å². The zero-order valence-electron chi connectivity index (χ0n) is 22.6. The lowest BCUT2D eigenvalue weighted by Gasteiger charge is -2.22. The Bertz CT molecular complexity index is 1690. The van der Waals surface area contributed by atoms with Gasteiger partial charge in [-0.3, -0.25) is 0 Å². The van der Waals surface area contributed by atoms with Crippen LogP contribution in [0, 0.1) is 0 Å². The number of primary sulfonamides is 1. The van der Waals surface area contributed by atoms with E-state index in [2.05, 4.69) is 20.7 Å². The van der Waals surface area contributed by atoms with Gasteiger partial charge < -0.3 is 20.3 Å². The number of hydrogen-bond acceptors (Lipinski definition) is 9. The number of nitrogens with two attached hydrogens (primary N) is 1. The number of β-amino-alcohol motifs (C(OH)–C–C–N with tert-alkyl or cyclic N) is 1. The first-order chi connectivity index (χ1) is 20.2. The number of nitrogens with one attached hydrogen (secondary N) is 1. The molecule has 0 aliphatic carbocycles. The molecule has 1 atom stereocenters. The van der Waals surface area contributed by atoms with Gasteiger partial charge in [-0.05, 0) is 58.6 Å². The fourth-order valence-electron chi connectivity index (χ4n) is 4.43. The molecule has 1 unspecified atom stereocenters. The van der Waals surface area contributed by atoms with Gasteiger partial charge in [-0.1, -0.05) is 48.5 Å². The number of nitrogens with zero attached hydrogens (tertiary/aromatic N) is 4. The van der Waals surface area contributed by atoms with Crippen LogP contribution in [0.3, 0.4) is 0 Å². The molecule has 1 aliphatic rings. The fourth-order valence-corrected chi connectivity index (χ4v) is 5.18. The molecule has 0 amide bonds. The molecule has 12 nitrogen and oxygen atoms in total. The van der Waals surface area contributed by atoms with Crippen LogP contribution in [-0.2, 0) is 27.0 Å². The summed E-state index contributed by atoms with van der Waals surface area (Å²) in [5.41, 5.74) is 2.40. The van der Waals surface area contributed by atoms with Crippen molar-refractivity contribution in [2.24, 2.45) is 5.14 Å². The molecule has 5 N–H and O–H groups in total. The van der Waals surface area contributed by atoms with Crippen LogP contribution in [-0.4, -0.2) is 71.2 Å². The number of rotatable bonds is 7. The normalized spacial score (nSPS) is 16.8. The Balaban J connectivity index is 0.000000541. The maximum Gasteiger partial charge on any atom is 0.490 e. The highest BCUT2D eigenvalue weighted by Crippen LogP contribution is 2.36. The van der Waals surface area contributed by atoms with E-state index >= 15 is 0 Å². The maximum absolute atomic E-state index is 12.5. The van der Waals surface area contributed by atoms with Crippen molar-refractivity contribution >= 4 is 16.0 Å². The Labute approximate surface area is 244 Å².